The van der Waals surface area contributed by atoms with E-state index in [-0.39, 0.29) is 5.91 Å². The van der Waals surface area contributed by atoms with Crippen molar-refractivity contribution in [3.05, 3.63) is 48.3 Å². The second kappa shape index (κ2) is 6.15. The Balaban J connectivity index is 2.18. The van der Waals surface area contributed by atoms with Crippen LogP contribution >= 0.6 is 0 Å². The minimum absolute atomic E-state index is 0.0174. The van der Waals surface area contributed by atoms with E-state index in [1.54, 1.807) is 17.3 Å². The van der Waals surface area contributed by atoms with Crippen molar-refractivity contribution in [2.24, 2.45) is 0 Å². The molecule has 0 saturated heterocycles. The summed E-state index contributed by atoms with van der Waals surface area (Å²) >= 11 is 0. The molecule has 0 radical (unpaired) electrons. The van der Waals surface area contributed by atoms with Crippen molar-refractivity contribution >= 4 is 11.9 Å². The van der Waals surface area contributed by atoms with E-state index < -0.39 is 0 Å². The highest BCUT2D eigenvalue weighted by molar-refractivity contribution is 5.93. The summed E-state index contributed by atoms with van der Waals surface area (Å²) < 4.78 is 0. The van der Waals surface area contributed by atoms with E-state index in [4.69, 9.17) is 0 Å². The van der Waals surface area contributed by atoms with Gasteiger partial charge in [0.15, 0.2) is 0 Å². The maximum absolute atomic E-state index is 12.3. The Morgan fingerprint density at radius 1 is 1.26 bits per heavy atom. The fraction of sp³-hybridized carbons (Fsp3) is 0.286. The molecular formula is C14H18N4O. The number of imidazole rings is 1. The molecule has 2 aromatic rings. The lowest BCUT2D eigenvalue weighted by molar-refractivity contribution is -0.119. The molecule has 0 aliphatic rings. The smallest absolute Gasteiger partial charge is 0.243 e. The largest absolute Gasteiger partial charge is 0.331 e. The number of carbonyl (C=O) groups excluding carboxylic acids is 1. The molecule has 0 atom stereocenters. The van der Waals surface area contributed by atoms with E-state index in [0.717, 1.165) is 5.56 Å². The number of hydrogen-bond acceptors (Lipinski definition) is 3. The summed E-state index contributed by atoms with van der Waals surface area (Å²) in [5.74, 6) is 0.597. The Kier molecular flexibility index (Phi) is 4.30. The minimum Gasteiger partial charge on any atom is -0.331 e. The van der Waals surface area contributed by atoms with Crippen LogP contribution in [0.4, 0.5) is 5.95 Å². The van der Waals surface area contributed by atoms with Gasteiger partial charge in [-0.3, -0.25) is 9.69 Å². The second-order valence-corrected chi connectivity index (χ2v) is 4.62. The van der Waals surface area contributed by atoms with Crippen molar-refractivity contribution < 1.29 is 4.79 Å². The van der Waals surface area contributed by atoms with Crippen LogP contribution in [0.15, 0.2) is 42.7 Å². The first kappa shape index (κ1) is 13.3. The number of benzene rings is 1. The Labute approximate surface area is 112 Å². The van der Waals surface area contributed by atoms with Crippen molar-refractivity contribution in [1.29, 1.82) is 0 Å². The fourth-order valence-corrected chi connectivity index (χ4v) is 1.81. The maximum atomic E-state index is 12.3. The van der Waals surface area contributed by atoms with Gasteiger partial charge in [0.2, 0.25) is 11.9 Å². The van der Waals surface area contributed by atoms with Gasteiger partial charge in [-0.05, 0) is 19.7 Å². The summed E-state index contributed by atoms with van der Waals surface area (Å²) in [5.41, 5.74) is 1.08. The Morgan fingerprint density at radius 3 is 2.58 bits per heavy atom. The molecule has 1 amide bonds. The topological polar surface area (TPSA) is 52.2 Å². The van der Waals surface area contributed by atoms with Gasteiger partial charge < -0.3 is 9.88 Å². The van der Waals surface area contributed by atoms with E-state index in [1.807, 2.05) is 49.3 Å². The van der Waals surface area contributed by atoms with Crippen molar-refractivity contribution in [3.8, 4) is 0 Å². The minimum atomic E-state index is 0.0174. The average Bonchev–Trinajstić information content (AvgIpc) is 2.90. The molecule has 0 saturated carbocycles. The molecule has 19 heavy (non-hydrogen) atoms. The lowest BCUT2D eigenvalue weighted by Crippen LogP contribution is -2.38. The van der Waals surface area contributed by atoms with E-state index in [0.29, 0.717) is 19.0 Å². The molecular weight excluding hydrogens is 240 g/mol. The lowest BCUT2D eigenvalue weighted by atomic mass is 10.2. The summed E-state index contributed by atoms with van der Waals surface area (Å²) in [5, 5.41) is 0. The quantitative estimate of drug-likeness (QED) is 0.884. The van der Waals surface area contributed by atoms with Crippen LogP contribution in [0, 0.1) is 0 Å². The molecule has 1 N–H and O–H groups in total. The van der Waals surface area contributed by atoms with Crippen LogP contribution in [-0.2, 0) is 11.3 Å². The summed E-state index contributed by atoms with van der Waals surface area (Å²) in [4.78, 5) is 23.0. The Morgan fingerprint density at radius 2 is 2.00 bits per heavy atom. The number of anilines is 1. The monoisotopic (exact) mass is 258 g/mol. The van der Waals surface area contributed by atoms with Crippen molar-refractivity contribution in [2.45, 2.75) is 6.54 Å². The first-order valence-electron chi connectivity index (χ1n) is 6.15. The number of nitrogens with one attached hydrogen (secondary N) is 1. The molecule has 100 valence electrons. The number of aromatic amines is 1. The standard InChI is InChI=1S/C14H18N4O/c1-17(2)11-13(19)18(14-15-8-9-16-14)10-12-6-4-3-5-7-12/h3-9H,10-11H2,1-2H3,(H,15,16). The molecule has 0 aliphatic heterocycles. The first-order valence-corrected chi connectivity index (χ1v) is 6.15. The molecule has 5 nitrogen and oxygen atoms in total. The number of amides is 1. The van der Waals surface area contributed by atoms with Gasteiger partial charge in [-0.25, -0.2) is 4.98 Å². The lowest BCUT2D eigenvalue weighted by Gasteiger charge is -2.22. The van der Waals surface area contributed by atoms with Gasteiger partial charge in [0.05, 0.1) is 13.1 Å². The normalized spacial score (nSPS) is 10.7. The Bertz CT molecular complexity index is 508. The summed E-state index contributed by atoms with van der Waals surface area (Å²) in [6, 6.07) is 9.89. The summed E-state index contributed by atoms with van der Waals surface area (Å²) in [7, 11) is 3.75. The van der Waals surface area contributed by atoms with Gasteiger partial charge in [0.1, 0.15) is 0 Å². The van der Waals surface area contributed by atoms with Gasteiger partial charge in [-0.1, -0.05) is 30.3 Å². The number of hydrogen-bond donors (Lipinski definition) is 1. The molecule has 1 heterocycles. The summed E-state index contributed by atoms with van der Waals surface area (Å²) in [6.45, 7) is 0.870. The van der Waals surface area contributed by atoms with Gasteiger partial charge in [0, 0.05) is 12.4 Å². The zero-order valence-corrected chi connectivity index (χ0v) is 11.2. The van der Waals surface area contributed by atoms with Crippen LogP contribution < -0.4 is 4.90 Å². The predicted octanol–water partition coefficient (Wildman–Crippen LogP) is 1.50. The third-order valence-electron chi connectivity index (χ3n) is 2.68. The molecule has 5 heteroatoms. The van der Waals surface area contributed by atoms with Gasteiger partial charge >= 0.3 is 0 Å². The molecule has 2 rings (SSSR count). The number of rotatable bonds is 5. The van der Waals surface area contributed by atoms with E-state index in [2.05, 4.69) is 9.97 Å². The second-order valence-electron chi connectivity index (χ2n) is 4.62. The van der Waals surface area contributed by atoms with Crippen molar-refractivity contribution in [2.75, 3.05) is 25.5 Å². The average molecular weight is 258 g/mol. The highest BCUT2D eigenvalue weighted by atomic mass is 16.2. The number of aromatic nitrogens is 2. The van der Waals surface area contributed by atoms with Gasteiger partial charge in [0.25, 0.3) is 0 Å². The molecule has 1 aromatic carbocycles. The fourth-order valence-electron chi connectivity index (χ4n) is 1.81. The molecule has 0 aliphatic carbocycles. The first-order chi connectivity index (χ1) is 9.16. The molecule has 1 aromatic heterocycles. The van der Waals surface area contributed by atoms with Crippen LogP contribution in [0.2, 0.25) is 0 Å². The third-order valence-corrected chi connectivity index (χ3v) is 2.68. The SMILES string of the molecule is CN(C)CC(=O)N(Cc1ccccc1)c1ncc[nH]1. The van der Waals surface area contributed by atoms with Crippen LogP contribution in [0.3, 0.4) is 0 Å². The van der Waals surface area contributed by atoms with Crippen molar-refractivity contribution in [1.82, 2.24) is 14.9 Å². The number of likely N-dealkylation sites (N-methyl/N-ethyl adjacent to an activating group) is 1. The molecule has 0 bridgehead atoms. The zero-order valence-electron chi connectivity index (χ0n) is 11.2. The number of H-pyrrole nitrogens is 1. The predicted molar refractivity (Wildman–Crippen MR) is 74.8 cm³/mol. The summed E-state index contributed by atoms with van der Waals surface area (Å²) in [6.07, 6.45) is 3.37. The van der Waals surface area contributed by atoms with E-state index in [9.17, 15) is 4.79 Å². The molecule has 0 fully saturated rings. The highest BCUT2D eigenvalue weighted by Crippen LogP contribution is 2.12. The van der Waals surface area contributed by atoms with Crippen molar-refractivity contribution in [3.63, 3.8) is 0 Å². The van der Waals surface area contributed by atoms with Gasteiger partial charge in [-0.15, -0.1) is 0 Å². The number of nitrogens with zero attached hydrogens (tertiary/aromatic N) is 3. The van der Waals surface area contributed by atoms with E-state index in [1.165, 1.54) is 0 Å². The molecule has 0 unspecified atom stereocenters. The molecule has 0 spiro atoms. The Hall–Kier alpha value is -2.14. The number of carbonyl (C=O) groups is 1. The third kappa shape index (κ3) is 3.66. The maximum Gasteiger partial charge on any atom is 0.243 e. The van der Waals surface area contributed by atoms with Crippen LogP contribution in [0.1, 0.15) is 5.56 Å². The zero-order chi connectivity index (χ0) is 13.7. The van der Waals surface area contributed by atoms with Crippen LogP contribution in [-0.4, -0.2) is 41.4 Å². The van der Waals surface area contributed by atoms with Crippen LogP contribution in [0.5, 0.6) is 0 Å². The van der Waals surface area contributed by atoms with Crippen LogP contribution in [0.25, 0.3) is 0 Å². The van der Waals surface area contributed by atoms with E-state index >= 15 is 0 Å². The highest BCUT2D eigenvalue weighted by Gasteiger charge is 2.18. The van der Waals surface area contributed by atoms with Gasteiger partial charge in [-0.2, -0.15) is 0 Å².